The van der Waals surface area contributed by atoms with Gasteiger partial charge in [0.25, 0.3) is 0 Å². The molecule has 0 aromatic heterocycles. The van der Waals surface area contributed by atoms with Gasteiger partial charge in [-0.05, 0) is 324 Å². The van der Waals surface area contributed by atoms with E-state index in [4.69, 9.17) is 0 Å². The molecule has 24 aromatic rings. The Bertz CT molecular complexity index is 8700. The van der Waals surface area contributed by atoms with Crippen LogP contribution in [-0.4, -0.2) is 0 Å². The van der Waals surface area contributed by atoms with Gasteiger partial charge < -0.3 is 19.6 Å². The average Bonchev–Trinajstić information content (AvgIpc) is 0.714. The van der Waals surface area contributed by atoms with Crippen molar-refractivity contribution in [3.05, 3.63) is 527 Å². The third-order valence-electron chi connectivity index (χ3n) is 29.6. The van der Waals surface area contributed by atoms with Crippen molar-refractivity contribution in [2.45, 2.75) is 83.1 Å². The second kappa shape index (κ2) is 38.8. The zero-order chi connectivity index (χ0) is 102. The summed E-state index contributed by atoms with van der Waals surface area (Å²) in [4.78, 5) is 8.48. The number of nitrogens with zero attached hydrogens (tertiary/aromatic N) is 4. The van der Waals surface area contributed by atoms with E-state index in [9.17, 15) is 0 Å². The third-order valence-corrected chi connectivity index (χ3v) is 29.6. The molecule has 0 fully saturated rings. The molecular weight excluding hydrogens is 1810 g/mol. The lowest BCUT2D eigenvalue weighted by Gasteiger charge is -2.32. The van der Waals surface area contributed by atoms with Crippen molar-refractivity contribution in [3.8, 4) is 89.0 Å². The SMILES string of the molecule is Cc1ccc(-c2cc(F)c(N(c3cccc(C)c3)c3ccc4ccc5c(N(c6cccc(C)c6)c6c(F)cc(-c7ccc(C)cc7)cc6-c6ccc(C)cc6)ccc6ccc3c4c65)c(-c3ccc(C)cc3)c2)cc1.Cc1ccc(-c2cc(F)c(N(c3ccccc3C)c3ccc4ccc5c(N(c6ccccc6C)c6c(F)cc(-c7ccc(C)cc7)cc6-c6ccc(C)cc6)ccc6ccc3c4c65)c(-c3ccc(C)cc3)c2)cc1. The fourth-order valence-electron chi connectivity index (χ4n) is 21.8. The van der Waals surface area contributed by atoms with Crippen LogP contribution in [0.1, 0.15) is 66.8 Å². The second-order valence-corrected chi connectivity index (χ2v) is 40.1. The quantitative estimate of drug-likeness (QED) is 0.0557. The monoisotopic (exact) mass is 1920 g/mol. The molecule has 0 atom stereocenters. The van der Waals surface area contributed by atoms with Crippen LogP contribution >= 0.6 is 0 Å². The number of aryl methyl sites for hydroxylation is 12. The number of benzene rings is 24. The van der Waals surface area contributed by atoms with Gasteiger partial charge >= 0.3 is 0 Å². The normalized spacial score (nSPS) is 11.5. The van der Waals surface area contributed by atoms with Gasteiger partial charge in [-0.2, -0.15) is 0 Å². The summed E-state index contributed by atoms with van der Waals surface area (Å²) in [6.07, 6.45) is 0. The van der Waals surface area contributed by atoms with Crippen LogP contribution in [0.3, 0.4) is 0 Å². The zero-order valence-electron chi connectivity index (χ0n) is 84.9. The topological polar surface area (TPSA) is 13.0 Å². The van der Waals surface area contributed by atoms with Gasteiger partial charge in [-0.1, -0.05) is 372 Å². The van der Waals surface area contributed by atoms with Crippen molar-refractivity contribution in [3.63, 3.8) is 0 Å². The van der Waals surface area contributed by atoms with E-state index in [1.165, 1.54) is 0 Å². The lowest BCUT2D eigenvalue weighted by atomic mass is 9.90. The molecule has 0 amide bonds. The fraction of sp³-hybridized carbons (Fsp3) is 0.0857. The van der Waals surface area contributed by atoms with Gasteiger partial charge in [0.1, 0.15) is 23.3 Å². The number of halogens is 4. The molecule has 148 heavy (non-hydrogen) atoms. The summed E-state index contributed by atoms with van der Waals surface area (Å²) in [5.41, 5.74) is 35.7. The van der Waals surface area contributed by atoms with Gasteiger partial charge in [-0.3, -0.25) is 0 Å². The number of para-hydroxylation sites is 2. The summed E-state index contributed by atoms with van der Waals surface area (Å²) in [6, 6.07) is 150. The number of hydrogen-bond acceptors (Lipinski definition) is 4. The molecule has 0 bridgehead atoms. The minimum atomic E-state index is -0.332. The molecular formula is C140H108F4N4. The second-order valence-electron chi connectivity index (χ2n) is 40.1. The molecule has 0 saturated heterocycles. The molecule has 0 saturated carbocycles. The van der Waals surface area contributed by atoms with Crippen LogP contribution in [-0.2, 0) is 0 Å². The lowest BCUT2D eigenvalue weighted by molar-refractivity contribution is 0.629. The molecule has 0 unspecified atom stereocenters. The maximum Gasteiger partial charge on any atom is 0.148 e. The summed E-state index contributed by atoms with van der Waals surface area (Å²) in [5.74, 6) is -1.32. The Morgan fingerprint density at radius 2 is 0.358 bits per heavy atom. The molecule has 24 rings (SSSR count). The van der Waals surface area contributed by atoms with Gasteiger partial charge in [-0.15, -0.1) is 0 Å². The van der Waals surface area contributed by atoms with E-state index in [1.54, 1.807) is 24.3 Å². The first kappa shape index (κ1) is 93.9. The Hall–Kier alpha value is -17.7. The predicted molar refractivity (Wildman–Crippen MR) is 619 cm³/mol. The smallest absolute Gasteiger partial charge is 0.148 e. The Labute approximate surface area is 863 Å². The van der Waals surface area contributed by atoms with E-state index in [1.807, 2.05) is 36.4 Å². The Morgan fingerprint density at radius 1 is 0.149 bits per heavy atom. The molecule has 0 spiro atoms. The third kappa shape index (κ3) is 17.5. The van der Waals surface area contributed by atoms with Crippen molar-refractivity contribution in [2.75, 3.05) is 19.6 Å². The van der Waals surface area contributed by atoms with Gasteiger partial charge in [0.2, 0.25) is 0 Å². The van der Waals surface area contributed by atoms with E-state index in [0.29, 0.717) is 22.7 Å². The van der Waals surface area contributed by atoms with Crippen molar-refractivity contribution >= 4 is 133 Å². The van der Waals surface area contributed by atoms with E-state index in [-0.39, 0.29) is 23.3 Å². The Kier molecular flexibility index (Phi) is 24.6. The average molecular weight is 1920 g/mol. The molecule has 24 aromatic carbocycles. The van der Waals surface area contributed by atoms with E-state index in [0.717, 1.165) is 266 Å². The zero-order valence-corrected chi connectivity index (χ0v) is 84.9. The van der Waals surface area contributed by atoms with Crippen LogP contribution in [0, 0.1) is 106 Å². The highest BCUT2D eigenvalue weighted by molar-refractivity contribution is 6.30. The molecule has 0 aliphatic carbocycles. The van der Waals surface area contributed by atoms with Crippen molar-refractivity contribution in [2.24, 2.45) is 0 Å². The molecule has 716 valence electrons. The van der Waals surface area contributed by atoms with Gasteiger partial charge in [0, 0.05) is 66.5 Å². The van der Waals surface area contributed by atoms with Gasteiger partial charge in [-0.25, -0.2) is 17.6 Å². The highest BCUT2D eigenvalue weighted by Gasteiger charge is 2.34. The molecule has 8 heteroatoms. The maximum absolute atomic E-state index is 18.0. The maximum atomic E-state index is 18.0. The first-order valence-corrected chi connectivity index (χ1v) is 50.7. The number of rotatable bonds is 20. The molecule has 0 N–H and O–H groups in total. The highest BCUT2D eigenvalue weighted by atomic mass is 19.1. The van der Waals surface area contributed by atoms with Crippen LogP contribution in [0.5, 0.6) is 0 Å². The van der Waals surface area contributed by atoms with E-state index < -0.39 is 0 Å². The highest BCUT2D eigenvalue weighted by Crippen LogP contribution is 2.57. The number of anilines is 12. The molecule has 0 aliphatic heterocycles. The van der Waals surface area contributed by atoms with Crippen molar-refractivity contribution in [1.82, 2.24) is 0 Å². The van der Waals surface area contributed by atoms with Gasteiger partial charge in [0.05, 0.1) is 45.5 Å². The summed E-state index contributed by atoms with van der Waals surface area (Å²) >= 11 is 0. The van der Waals surface area contributed by atoms with Crippen LogP contribution in [0.25, 0.3) is 154 Å². The summed E-state index contributed by atoms with van der Waals surface area (Å²) in [5, 5.41) is 12.2. The van der Waals surface area contributed by atoms with Crippen LogP contribution in [0.15, 0.2) is 437 Å². The van der Waals surface area contributed by atoms with Crippen molar-refractivity contribution < 1.29 is 17.6 Å². The lowest BCUT2D eigenvalue weighted by Crippen LogP contribution is -2.16. The molecule has 0 aliphatic rings. The largest absolute Gasteiger partial charge is 0.307 e. The van der Waals surface area contributed by atoms with Crippen molar-refractivity contribution in [1.29, 1.82) is 0 Å². The summed E-state index contributed by atoms with van der Waals surface area (Å²) in [6.45, 7) is 24.9. The van der Waals surface area contributed by atoms with E-state index in [2.05, 4.69) is 479 Å². The molecule has 4 nitrogen and oxygen atoms in total. The van der Waals surface area contributed by atoms with Crippen LogP contribution in [0.4, 0.5) is 85.8 Å². The minimum Gasteiger partial charge on any atom is -0.307 e. The first-order valence-electron chi connectivity index (χ1n) is 50.7. The minimum absolute atomic E-state index is 0.330. The first-order chi connectivity index (χ1) is 71.9. The predicted octanol–water partition coefficient (Wildman–Crippen LogP) is 40.6. The Morgan fingerprint density at radius 3 is 0.588 bits per heavy atom. The summed E-state index contributed by atoms with van der Waals surface area (Å²) in [7, 11) is 0. The van der Waals surface area contributed by atoms with Gasteiger partial charge in [0.15, 0.2) is 0 Å². The van der Waals surface area contributed by atoms with Crippen LogP contribution in [0.2, 0.25) is 0 Å². The molecule has 0 radical (unpaired) electrons. The van der Waals surface area contributed by atoms with Crippen LogP contribution < -0.4 is 19.6 Å². The summed E-state index contributed by atoms with van der Waals surface area (Å²) < 4.78 is 71.7. The standard InChI is InChI=1S/2C70H54F2N2/c1-43-13-21-49(22-14-43)55-39-61(51-25-17-45(3)18-26-51)69(63(71)41-55)73(57-11-7-9-47(5)37-57)65-35-31-53-30-34-60-66(36-32-54-29-33-59(65)67(53)68(54)60)74(58-12-8-10-48(6)38-58)70-62(52-27-19-46(4)20-28-52)40-56(42-64(70)72)50-23-15-44(2)16-24-50;1-43-15-23-49(24-16-43)55-39-59(51-27-19-45(3)20-28-51)69(61(71)41-55)73(63-13-9-7-11-47(63)5)65-37-33-53-32-36-58-66(38-34-54-31-35-57(65)67(53)68(54)58)74(64-14-10-8-12-48(64)6)70-60(52-29-21-46(4)22-30-52)40-56(42-62(70)72)50-25-17-44(2)18-26-50/h2*7-42H,1-6H3. The fourth-order valence-corrected chi connectivity index (χ4v) is 21.8. The number of hydrogen-bond donors (Lipinski definition) is 0. The van der Waals surface area contributed by atoms with E-state index >= 15 is 17.6 Å². The molecule has 0 heterocycles. The Balaban J connectivity index is 0.000000163.